The summed E-state index contributed by atoms with van der Waals surface area (Å²) in [7, 11) is 0. The van der Waals surface area contributed by atoms with E-state index in [1.807, 2.05) is 11.3 Å². The highest BCUT2D eigenvalue weighted by molar-refractivity contribution is 7.26. The van der Waals surface area contributed by atoms with Crippen LogP contribution < -0.4 is 4.90 Å². The summed E-state index contributed by atoms with van der Waals surface area (Å²) in [4.78, 5) is 2.47. The Morgan fingerprint density at radius 1 is 0.388 bits per heavy atom. The van der Waals surface area contributed by atoms with E-state index < -0.39 is 5.41 Å². The minimum Gasteiger partial charge on any atom is -0.309 e. The van der Waals surface area contributed by atoms with E-state index in [9.17, 15) is 0 Å². The fraction of sp³-hybridized carbons (Fsp3) is 0.0213. The van der Waals surface area contributed by atoms with Crippen LogP contribution in [0.1, 0.15) is 22.3 Å². The molecule has 230 valence electrons. The quantitative estimate of drug-likeness (QED) is 0.181. The van der Waals surface area contributed by atoms with E-state index in [0.29, 0.717) is 0 Å². The molecule has 0 N–H and O–H groups in total. The highest BCUT2D eigenvalue weighted by Crippen LogP contribution is 2.59. The van der Waals surface area contributed by atoms with Crippen LogP contribution in [-0.2, 0) is 5.41 Å². The molecule has 9 aromatic rings. The molecule has 49 heavy (non-hydrogen) atoms. The van der Waals surface area contributed by atoms with E-state index >= 15 is 0 Å². The number of fused-ring (bicyclic) bond motifs is 7. The van der Waals surface area contributed by atoms with Crippen LogP contribution in [-0.4, -0.2) is 0 Å². The zero-order chi connectivity index (χ0) is 32.4. The second-order valence-electron chi connectivity index (χ2n) is 12.8. The molecule has 0 aliphatic heterocycles. The molecule has 1 heterocycles. The van der Waals surface area contributed by atoms with Crippen LogP contribution in [0.25, 0.3) is 42.1 Å². The van der Waals surface area contributed by atoms with Gasteiger partial charge in [0.2, 0.25) is 0 Å². The van der Waals surface area contributed by atoms with Gasteiger partial charge in [-0.2, -0.15) is 0 Å². The van der Waals surface area contributed by atoms with Gasteiger partial charge in [0.25, 0.3) is 0 Å². The maximum Gasteiger partial charge on any atom is 0.0720 e. The van der Waals surface area contributed by atoms with E-state index in [1.54, 1.807) is 0 Å². The van der Waals surface area contributed by atoms with Crippen LogP contribution in [0.15, 0.2) is 188 Å². The van der Waals surface area contributed by atoms with Crippen LogP contribution in [0.3, 0.4) is 0 Å². The van der Waals surface area contributed by atoms with Crippen molar-refractivity contribution in [2.24, 2.45) is 0 Å². The van der Waals surface area contributed by atoms with E-state index in [0.717, 1.165) is 5.69 Å². The molecule has 1 aromatic heterocycles. The maximum absolute atomic E-state index is 2.47. The minimum absolute atomic E-state index is 0.494. The van der Waals surface area contributed by atoms with Crippen LogP contribution in [0.5, 0.6) is 0 Å². The van der Waals surface area contributed by atoms with Gasteiger partial charge < -0.3 is 4.90 Å². The molecule has 1 nitrogen and oxygen atoms in total. The molecule has 0 saturated heterocycles. The van der Waals surface area contributed by atoms with Crippen molar-refractivity contribution in [3.8, 4) is 11.1 Å². The third-order valence-electron chi connectivity index (χ3n) is 10.3. The Morgan fingerprint density at radius 2 is 0.918 bits per heavy atom. The van der Waals surface area contributed by atoms with Crippen LogP contribution in [0, 0.1) is 0 Å². The van der Waals surface area contributed by atoms with Crippen molar-refractivity contribution in [3.05, 3.63) is 210 Å². The van der Waals surface area contributed by atoms with Crippen molar-refractivity contribution >= 4 is 59.3 Å². The normalized spacial score (nSPS) is 13.1. The monoisotopic (exact) mass is 641 g/mol. The van der Waals surface area contributed by atoms with E-state index in [1.165, 1.54) is 75.7 Å². The van der Waals surface area contributed by atoms with Crippen molar-refractivity contribution in [2.45, 2.75) is 5.41 Å². The van der Waals surface area contributed by atoms with Gasteiger partial charge in [-0.05, 0) is 75.2 Å². The fourth-order valence-corrected chi connectivity index (χ4v) is 9.57. The standard InChI is InChI=1S/C47H31NS/c1-3-18-33(19-4-1)47(38-25-11-9-23-36(38)37-24-10-12-26-39(37)47)40-27-14-30-43-45(40)46-42(29-15-31-44(46)49-43)48(34-20-5-2-6-21-34)41-28-13-17-32-16-7-8-22-35(32)41/h1-31H. The van der Waals surface area contributed by atoms with Gasteiger partial charge >= 0.3 is 0 Å². The Balaban J connectivity index is 1.37. The van der Waals surface area contributed by atoms with Gasteiger partial charge in [-0.3, -0.25) is 0 Å². The highest BCUT2D eigenvalue weighted by atomic mass is 32.1. The molecule has 0 radical (unpaired) electrons. The first-order chi connectivity index (χ1) is 24.3. The molecule has 0 atom stereocenters. The number of anilines is 3. The molecule has 0 unspecified atom stereocenters. The molecular weight excluding hydrogens is 611 g/mol. The van der Waals surface area contributed by atoms with Crippen molar-refractivity contribution in [2.75, 3.05) is 4.90 Å². The number of thiophene rings is 1. The van der Waals surface area contributed by atoms with E-state index in [4.69, 9.17) is 0 Å². The summed E-state index contributed by atoms with van der Waals surface area (Å²) in [5.41, 5.74) is 10.9. The lowest BCUT2D eigenvalue weighted by molar-refractivity contribution is 0.777. The smallest absolute Gasteiger partial charge is 0.0720 e. The average molecular weight is 642 g/mol. The highest BCUT2D eigenvalue weighted by Gasteiger charge is 2.47. The molecule has 0 amide bonds. The Kier molecular flexibility index (Phi) is 6.34. The summed E-state index contributed by atoms with van der Waals surface area (Å²) >= 11 is 1.89. The van der Waals surface area contributed by atoms with Gasteiger partial charge in [-0.15, -0.1) is 11.3 Å². The lowest BCUT2D eigenvalue weighted by atomic mass is 9.66. The first kappa shape index (κ1) is 28.1. The molecule has 0 saturated carbocycles. The predicted molar refractivity (Wildman–Crippen MR) is 209 cm³/mol. The summed E-state index contributed by atoms with van der Waals surface area (Å²) in [5.74, 6) is 0. The number of nitrogens with zero attached hydrogens (tertiary/aromatic N) is 1. The SMILES string of the molecule is c1ccc(N(c2cccc3ccccc23)c2cccc3sc4cccc(C5(c6ccccc6)c6ccccc6-c6ccccc65)c4c23)cc1. The summed E-state index contributed by atoms with van der Waals surface area (Å²) < 4.78 is 2.58. The second kappa shape index (κ2) is 11.1. The van der Waals surface area contributed by atoms with E-state index in [2.05, 4.69) is 193 Å². The Bertz CT molecular complexity index is 2620. The number of hydrogen-bond donors (Lipinski definition) is 0. The first-order valence-corrected chi connectivity index (χ1v) is 17.7. The van der Waals surface area contributed by atoms with Crippen molar-refractivity contribution in [3.63, 3.8) is 0 Å². The van der Waals surface area contributed by atoms with Gasteiger partial charge in [-0.1, -0.05) is 152 Å². The molecular formula is C47H31NS. The molecule has 1 aliphatic carbocycles. The first-order valence-electron chi connectivity index (χ1n) is 16.9. The predicted octanol–water partition coefficient (Wildman–Crippen LogP) is 13.0. The molecule has 0 fully saturated rings. The molecule has 1 aliphatic rings. The molecule has 0 bridgehead atoms. The lowest BCUT2D eigenvalue weighted by Gasteiger charge is -2.35. The molecule has 8 aromatic carbocycles. The average Bonchev–Trinajstić information content (AvgIpc) is 3.71. The second-order valence-corrected chi connectivity index (χ2v) is 13.9. The number of hydrogen-bond acceptors (Lipinski definition) is 2. The van der Waals surface area contributed by atoms with Crippen molar-refractivity contribution < 1.29 is 0 Å². The van der Waals surface area contributed by atoms with Gasteiger partial charge in [0.1, 0.15) is 0 Å². The third kappa shape index (κ3) is 4.05. The molecule has 2 heteroatoms. The van der Waals surface area contributed by atoms with Crippen LogP contribution in [0.4, 0.5) is 17.1 Å². The Hall–Kier alpha value is -5.96. The summed E-state index contributed by atoms with van der Waals surface area (Å²) in [5, 5.41) is 5.05. The van der Waals surface area contributed by atoms with Crippen LogP contribution in [0.2, 0.25) is 0 Å². The minimum atomic E-state index is -0.494. The molecule has 10 rings (SSSR count). The Morgan fingerprint density at radius 3 is 1.67 bits per heavy atom. The van der Waals surface area contributed by atoms with Gasteiger partial charge in [0, 0.05) is 31.2 Å². The zero-order valence-electron chi connectivity index (χ0n) is 26.8. The van der Waals surface area contributed by atoms with Gasteiger partial charge in [-0.25, -0.2) is 0 Å². The van der Waals surface area contributed by atoms with Gasteiger partial charge in [0.15, 0.2) is 0 Å². The largest absolute Gasteiger partial charge is 0.309 e. The van der Waals surface area contributed by atoms with Crippen molar-refractivity contribution in [1.82, 2.24) is 0 Å². The topological polar surface area (TPSA) is 3.24 Å². The van der Waals surface area contributed by atoms with E-state index in [-0.39, 0.29) is 0 Å². The number of benzene rings is 8. The number of rotatable bonds is 5. The Labute approximate surface area is 290 Å². The van der Waals surface area contributed by atoms with Crippen LogP contribution >= 0.6 is 11.3 Å². The third-order valence-corrected chi connectivity index (χ3v) is 11.4. The lowest BCUT2D eigenvalue weighted by Crippen LogP contribution is -2.28. The summed E-state index contributed by atoms with van der Waals surface area (Å²) in [6.07, 6.45) is 0. The zero-order valence-corrected chi connectivity index (χ0v) is 27.6. The number of para-hydroxylation sites is 1. The maximum atomic E-state index is 2.47. The van der Waals surface area contributed by atoms with Crippen molar-refractivity contribution in [1.29, 1.82) is 0 Å². The molecule has 0 spiro atoms. The summed E-state index contributed by atoms with van der Waals surface area (Å²) in [6, 6.07) is 69.2. The summed E-state index contributed by atoms with van der Waals surface area (Å²) in [6.45, 7) is 0. The van der Waals surface area contributed by atoms with Gasteiger partial charge in [0.05, 0.1) is 16.8 Å². The fourth-order valence-electron chi connectivity index (χ4n) is 8.42.